The van der Waals surface area contributed by atoms with Gasteiger partial charge in [-0.3, -0.25) is 20.2 Å². The van der Waals surface area contributed by atoms with Gasteiger partial charge in [-0.15, -0.1) is 0 Å². The van der Waals surface area contributed by atoms with Crippen LogP contribution < -0.4 is 5.32 Å². The van der Waals surface area contributed by atoms with Crippen molar-refractivity contribution in [1.82, 2.24) is 4.57 Å². The van der Waals surface area contributed by atoms with Crippen LogP contribution >= 0.6 is 0 Å². The first-order chi connectivity index (χ1) is 14.4. The Bertz CT molecular complexity index is 1250. The summed E-state index contributed by atoms with van der Waals surface area (Å²) in [4.78, 5) is 21.0. The van der Waals surface area contributed by atoms with Crippen LogP contribution in [0.4, 0.5) is 17.1 Å². The molecule has 0 saturated carbocycles. The molecule has 0 aliphatic carbocycles. The summed E-state index contributed by atoms with van der Waals surface area (Å²) in [5.74, 6) is 0. The molecule has 1 atom stereocenters. The van der Waals surface area contributed by atoms with Crippen LogP contribution in [0.3, 0.4) is 0 Å². The van der Waals surface area contributed by atoms with Gasteiger partial charge in [0.05, 0.1) is 22.5 Å². The van der Waals surface area contributed by atoms with Crippen LogP contribution in [0.15, 0.2) is 66.7 Å². The number of anilines is 1. The van der Waals surface area contributed by atoms with E-state index in [9.17, 15) is 25.3 Å². The molecule has 152 valence electrons. The van der Waals surface area contributed by atoms with E-state index in [1.807, 2.05) is 28.8 Å². The number of nitrogens with zero attached hydrogens (tertiary/aromatic N) is 3. The van der Waals surface area contributed by atoms with Crippen molar-refractivity contribution >= 4 is 38.9 Å². The predicted molar refractivity (Wildman–Crippen MR) is 114 cm³/mol. The molecule has 0 aliphatic heterocycles. The van der Waals surface area contributed by atoms with Crippen molar-refractivity contribution in [2.45, 2.75) is 12.6 Å². The second-order valence-electron chi connectivity index (χ2n) is 6.93. The van der Waals surface area contributed by atoms with Crippen LogP contribution in [0.25, 0.3) is 21.8 Å². The van der Waals surface area contributed by atoms with Crippen molar-refractivity contribution in [3.63, 3.8) is 0 Å². The highest BCUT2D eigenvalue weighted by atomic mass is 16.6. The van der Waals surface area contributed by atoms with Crippen molar-refractivity contribution in [2.24, 2.45) is 0 Å². The topological polar surface area (TPSA) is 123 Å². The summed E-state index contributed by atoms with van der Waals surface area (Å²) in [6.45, 7) is 0.514. The number of hydrogen-bond donors (Lipinski definition) is 2. The number of aliphatic hydroxyl groups is 1. The monoisotopic (exact) mass is 406 g/mol. The lowest BCUT2D eigenvalue weighted by molar-refractivity contribution is -0.385. The molecule has 1 aromatic heterocycles. The van der Waals surface area contributed by atoms with Gasteiger partial charge in [-0.2, -0.15) is 0 Å². The third-order valence-corrected chi connectivity index (χ3v) is 4.98. The molecule has 2 N–H and O–H groups in total. The van der Waals surface area contributed by atoms with Gasteiger partial charge in [-0.1, -0.05) is 18.2 Å². The summed E-state index contributed by atoms with van der Waals surface area (Å²) >= 11 is 0. The number of nitro groups is 2. The average Bonchev–Trinajstić information content (AvgIpc) is 3.05. The maximum absolute atomic E-state index is 11.2. The number of fused-ring (bicyclic) bond motifs is 3. The lowest BCUT2D eigenvalue weighted by Crippen LogP contribution is -2.24. The van der Waals surface area contributed by atoms with Crippen molar-refractivity contribution in [3.8, 4) is 0 Å². The van der Waals surface area contributed by atoms with Gasteiger partial charge in [0.2, 0.25) is 0 Å². The van der Waals surface area contributed by atoms with Gasteiger partial charge >= 0.3 is 0 Å². The predicted octanol–water partition coefficient (Wildman–Crippen LogP) is 4.08. The molecule has 4 aromatic rings. The minimum atomic E-state index is -0.755. The number of rotatable bonds is 7. The van der Waals surface area contributed by atoms with Gasteiger partial charge < -0.3 is 15.0 Å². The maximum Gasteiger partial charge on any atom is 0.270 e. The molecule has 0 bridgehead atoms. The highest BCUT2D eigenvalue weighted by molar-refractivity contribution is 6.08. The Morgan fingerprint density at radius 1 is 0.867 bits per heavy atom. The van der Waals surface area contributed by atoms with Gasteiger partial charge in [-0.05, 0) is 24.3 Å². The number of aromatic nitrogens is 1. The Labute approximate surface area is 170 Å². The van der Waals surface area contributed by atoms with E-state index in [2.05, 4.69) is 5.32 Å². The van der Waals surface area contributed by atoms with Crippen LogP contribution in [0.2, 0.25) is 0 Å². The van der Waals surface area contributed by atoms with Crippen molar-refractivity contribution in [2.75, 3.05) is 11.9 Å². The summed E-state index contributed by atoms with van der Waals surface area (Å²) < 4.78 is 1.94. The van der Waals surface area contributed by atoms with E-state index in [1.165, 1.54) is 18.2 Å². The van der Waals surface area contributed by atoms with E-state index in [0.717, 1.165) is 21.8 Å². The number of nitro benzene ring substituents is 2. The summed E-state index contributed by atoms with van der Waals surface area (Å²) in [5, 5.41) is 37.2. The Balaban J connectivity index is 1.57. The molecule has 0 aliphatic rings. The molecule has 4 rings (SSSR count). The quantitative estimate of drug-likeness (QED) is 0.352. The number of benzene rings is 3. The minimum absolute atomic E-state index is 0.000438. The number of aliphatic hydroxyl groups excluding tert-OH is 1. The van der Waals surface area contributed by atoms with Crippen molar-refractivity contribution < 1.29 is 15.0 Å². The van der Waals surface area contributed by atoms with Crippen LogP contribution in [-0.4, -0.2) is 32.2 Å². The van der Waals surface area contributed by atoms with Gasteiger partial charge in [-0.25, -0.2) is 0 Å². The molecule has 1 unspecified atom stereocenters. The number of hydrogen-bond acceptors (Lipinski definition) is 6. The first kappa shape index (κ1) is 19.3. The standard InChI is InChI=1S/C21H18N4O5/c26-17(12-22-14-5-7-15(8-6-14)24(27)28)13-23-20-4-2-1-3-18(20)19-11-16(25(29)30)9-10-21(19)23/h1-11,17,22,26H,12-13H2. The molecule has 1 heterocycles. The fraction of sp³-hybridized carbons (Fsp3) is 0.143. The zero-order chi connectivity index (χ0) is 21.3. The molecule has 3 aromatic carbocycles. The lowest BCUT2D eigenvalue weighted by Gasteiger charge is -2.15. The Hall–Kier alpha value is -3.98. The summed E-state index contributed by atoms with van der Waals surface area (Å²) in [6, 6.07) is 18.2. The zero-order valence-corrected chi connectivity index (χ0v) is 15.8. The molecule has 0 amide bonds. The first-order valence-corrected chi connectivity index (χ1v) is 9.26. The molecule has 0 saturated heterocycles. The Morgan fingerprint density at radius 3 is 2.20 bits per heavy atom. The van der Waals surface area contributed by atoms with Crippen LogP contribution in [0.1, 0.15) is 0 Å². The van der Waals surface area contributed by atoms with E-state index in [4.69, 9.17) is 0 Å². The zero-order valence-electron chi connectivity index (χ0n) is 15.8. The smallest absolute Gasteiger partial charge is 0.270 e. The van der Waals surface area contributed by atoms with E-state index < -0.39 is 16.0 Å². The highest BCUT2D eigenvalue weighted by Crippen LogP contribution is 2.31. The molecular formula is C21H18N4O5. The van der Waals surface area contributed by atoms with Crippen molar-refractivity contribution in [3.05, 3.63) is 87.0 Å². The largest absolute Gasteiger partial charge is 0.389 e. The maximum atomic E-state index is 11.2. The Kier molecular flexibility index (Phi) is 5.03. The average molecular weight is 406 g/mol. The fourth-order valence-electron chi connectivity index (χ4n) is 3.56. The second-order valence-corrected chi connectivity index (χ2v) is 6.93. The number of para-hydroxylation sites is 1. The molecule has 0 fully saturated rings. The Morgan fingerprint density at radius 2 is 1.50 bits per heavy atom. The van der Waals surface area contributed by atoms with Crippen molar-refractivity contribution in [1.29, 1.82) is 0 Å². The second kappa shape index (κ2) is 7.80. The third kappa shape index (κ3) is 3.65. The first-order valence-electron chi connectivity index (χ1n) is 9.26. The van der Waals surface area contributed by atoms with Gasteiger partial charge in [0, 0.05) is 58.3 Å². The summed E-state index contributed by atoms with van der Waals surface area (Å²) in [6.07, 6.45) is -0.755. The molecule has 9 heteroatoms. The summed E-state index contributed by atoms with van der Waals surface area (Å²) in [5.41, 5.74) is 2.36. The van der Waals surface area contributed by atoms with Crippen LogP contribution in [-0.2, 0) is 6.54 Å². The normalized spacial score (nSPS) is 12.2. The molecule has 9 nitrogen and oxygen atoms in total. The van der Waals surface area contributed by atoms with Gasteiger partial charge in [0.1, 0.15) is 0 Å². The number of non-ortho nitro benzene ring substituents is 2. The van der Waals surface area contributed by atoms with Crippen LogP contribution in [0, 0.1) is 20.2 Å². The lowest BCUT2D eigenvalue weighted by atomic mass is 10.1. The van der Waals surface area contributed by atoms with Gasteiger partial charge in [0.25, 0.3) is 11.4 Å². The van der Waals surface area contributed by atoms with E-state index in [0.29, 0.717) is 5.69 Å². The SMILES string of the molecule is O=[N+]([O-])c1ccc(NCC(O)Cn2c3ccccc3c3cc([N+](=O)[O-])ccc32)cc1. The highest BCUT2D eigenvalue weighted by Gasteiger charge is 2.16. The molecule has 30 heavy (non-hydrogen) atoms. The molecule has 0 radical (unpaired) electrons. The van der Waals surface area contributed by atoms with E-state index in [1.54, 1.807) is 24.3 Å². The van der Waals surface area contributed by atoms with Crippen LogP contribution in [0.5, 0.6) is 0 Å². The van der Waals surface area contributed by atoms with E-state index >= 15 is 0 Å². The summed E-state index contributed by atoms with van der Waals surface area (Å²) in [7, 11) is 0. The number of nitrogens with one attached hydrogen (secondary N) is 1. The van der Waals surface area contributed by atoms with E-state index in [-0.39, 0.29) is 24.5 Å². The molecule has 0 spiro atoms. The third-order valence-electron chi connectivity index (χ3n) is 4.98. The molecular weight excluding hydrogens is 388 g/mol. The fourth-order valence-corrected chi connectivity index (χ4v) is 3.56. The minimum Gasteiger partial charge on any atom is -0.389 e. The van der Waals surface area contributed by atoms with Gasteiger partial charge in [0.15, 0.2) is 0 Å².